The first kappa shape index (κ1) is 11.3. The monoisotopic (exact) mass is 284 g/mol. The normalized spacial score (nSPS) is 12.8. The standard InChI is InChI=1S/C11H10BrFN2O/c1-15-9(5-6-14-15)11(16)7-3-2-4-8(12)10(7)13/h2-6,11,16H,1H3. The van der Waals surface area contributed by atoms with E-state index in [4.69, 9.17) is 0 Å². The molecule has 0 bridgehead atoms. The predicted octanol–water partition coefficient (Wildman–Crippen LogP) is 2.40. The molecule has 2 aromatic rings. The lowest BCUT2D eigenvalue weighted by atomic mass is 10.1. The number of nitrogens with zero attached hydrogens (tertiary/aromatic N) is 2. The zero-order valence-electron chi connectivity index (χ0n) is 8.56. The Hall–Kier alpha value is -1.20. The van der Waals surface area contributed by atoms with Crippen LogP contribution < -0.4 is 0 Å². The van der Waals surface area contributed by atoms with E-state index in [1.165, 1.54) is 4.68 Å². The highest BCUT2D eigenvalue weighted by molar-refractivity contribution is 9.10. The summed E-state index contributed by atoms with van der Waals surface area (Å²) in [5, 5.41) is 14.0. The summed E-state index contributed by atoms with van der Waals surface area (Å²) in [6.07, 6.45) is 0.555. The molecule has 0 amide bonds. The van der Waals surface area contributed by atoms with Crippen LogP contribution in [-0.2, 0) is 7.05 Å². The molecule has 5 heteroatoms. The molecule has 16 heavy (non-hydrogen) atoms. The average molecular weight is 285 g/mol. The van der Waals surface area contributed by atoms with Crippen LogP contribution in [0.5, 0.6) is 0 Å². The number of aryl methyl sites for hydroxylation is 1. The highest BCUT2D eigenvalue weighted by Gasteiger charge is 2.18. The van der Waals surface area contributed by atoms with E-state index in [2.05, 4.69) is 21.0 Å². The fourth-order valence-electron chi connectivity index (χ4n) is 1.54. The van der Waals surface area contributed by atoms with E-state index in [-0.39, 0.29) is 5.56 Å². The van der Waals surface area contributed by atoms with E-state index >= 15 is 0 Å². The van der Waals surface area contributed by atoms with Gasteiger partial charge >= 0.3 is 0 Å². The third-order valence-electron chi connectivity index (χ3n) is 2.42. The maximum absolute atomic E-state index is 13.7. The molecule has 0 saturated heterocycles. The first-order chi connectivity index (χ1) is 7.61. The number of benzene rings is 1. The average Bonchev–Trinajstić information content (AvgIpc) is 2.68. The summed E-state index contributed by atoms with van der Waals surface area (Å²) in [4.78, 5) is 0. The van der Waals surface area contributed by atoms with Crippen LogP contribution in [0.15, 0.2) is 34.9 Å². The van der Waals surface area contributed by atoms with Gasteiger partial charge in [-0.1, -0.05) is 12.1 Å². The lowest BCUT2D eigenvalue weighted by molar-refractivity contribution is 0.204. The van der Waals surface area contributed by atoms with E-state index in [0.717, 1.165) is 0 Å². The number of rotatable bonds is 2. The van der Waals surface area contributed by atoms with Gasteiger partial charge in [0.15, 0.2) is 0 Å². The van der Waals surface area contributed by atoms with Crippen LogP contribution in [0.25, 0.3) is 0 Å². The van der Waals surface area contributed by atoms with Crippen molar-refractivity contribution in [2.24, 2.45) is 7.05 Å². The summed E-state index contributed by atoms with van der Waals surface area (Å²) in [7, 11) is 1.70. The smallest absolute Gasteiger partial charge is 0.143 e. The summed E-state index contributed by atoms with van der Waals surface area (Å²) in [6, 6.07) is 6.49. The number of aromatic nitrogens is 2. The minimum absolute atomic E-state index is 0.234. The molecule has 84 valence electrons. The fourth-order valence-corrected chi connectivity index (χ4v) is 1.92. The molecule has 3 nitrogen and oxygen atoms in total. The molecule has 1 aromatic carbocycles. The van der Waals surface area contributed by atoms with Crippen molar-refractivity contribution in [2.75, 3.05) is 0 Å². The fraction of sp³-hybridized carbons (Fsp3) is 0.182. The molecular formula is C11H10BrFN2O. The first-order valence-electron chi connectivity index (χ1n) is 4.71. The highest BCUT2D eigenvalue weighted by atomic mass is 79.9. The zero-order chi connectivity index (χ0) is 11.7. The lowest BCUT2D eigenvalue weighted by Crippen LogP contribution is -2.08. The van der Waals surface area contributed by atoms with Crippen LogP contribution in [0.2, 0.25) is 0 Å². The molecule has 0 aliphatic carbocycles. The maximum atomic E-state index is 13.7. The molecule has 1 N–H and O–H groups in total. The number of aliphatic hydroxyl groups excluding tert-OH is 1. The largest absolute Gasteiger partial charge is 0.382 e. The Morgan fingerprint density at radius 3 is 2.81 bits per heavy atom. The Morgan fingerprint density at radius 1 is 1.44 bits per heavy atom. The predicted molar refractivity (Wildman–Crippen MR) is 61.4 cm³/mol. The van der Waals surface area contributed by atoms with Crippen LogP contribution >= 0.6 is 15.9 Å². The van der Waals surface area contributed by atoms with Crippen molar-refractivity contribution in [3.63, 3.8) is 0 Å². The van der Waals surface area contributed by atoms with Crippen molar-refractivity contribution < 1.29 is 9.50 Å². The quantitative estimate of drug-likeness (QED) is 0.920. The van der Waals surface area contributed by atoms with Crippen molar-refractivity contribution >= 4 is 15.9 Å². The summed E-state index contributed by atoms with van der Waals surface area (Å²) >= 11 is 3.09. The summed E-state index contributed by atoms with van der Waals surface area (Å²) in [5.74, 6) is -0.448. The van der Waals surface area contributed by atoms with E-state index in [0.29, 0.717) is 10.2 Å². The van der Waals surface area contributed by atoms with Gasteiger partial charge in [0, 0.05) is 18.8 Å². The van der Waals surface area contributed by atoms with Crippen LogP contribution in [0, 0.1) is 5.82 Å². The number of halogens is 2. The Kier molecular flexibility index (Phi) is 3.07. The van der Waals surface area contributed by atoms with Crippen LogP contribution in [0.3, 0.4) is 0 Å². The van der Waals surface area contributed by atoms with Crippen LogP contribution in [-0.4, -0.2) is 14.9 Å². The molecule has 0 spiro atoms. The highest BCUT2D eigenvalue weighted by Crippen LogP contribution is 2.27. The van der Waals surface area contributed by atoms with Gasteiger partial charge in [0.25, 0.3) is 0 Å². The van der Waals surface area contributed by atoms with Crippen LogP contribution in [0.1, 0.15) is 17.4 Å². The first-order valence-corrected chi connectivity index (χ1v) is 5.50. The third kappa shape index (κ3) is 1.88. The van der Waals surface area contributed by atoms with Gasteiger partial charge in [0.1, 0.15) is 11.9 Å². The summed E-state index contributed by atoms with van der Waals surface area (Å²) in [6.45, 7) is 0. The Morgan fingerprint density at radius 2 is 2.19 bits per heavy atom. The Labute approximate surface area is 101 Å². The second kappa shape index (κ2) is 4.35. The molecule has 0 aliphatic rings. The molecule has 1 heterocycles. The molecule has 0 saturated carbocycles. The van der Waals surface area contributed by atoms with Crippen molar-refractivity contribution in [1.82, 2.24) is 9.78 Å². The molecule has 2 rings (SSSR count). The van der Waals surface area contributed by atoms with Crippen molar-refractivity contribution in [3.8, 4) is 0 Å². The van der Waals surface area contributed by atoms with E-state index in [1.807, 2.05) is 0 Å². The minimum atomic E-state index is -1.01. The Bertz CT molecular complexity index is 512. The minimum Gasteiger partial charge on any atom is -0.382 e. The van der Waals surface area contributed by atoms with Gasteiger partial charge in [-0.05, 0) is 28.1 Å². The van der Waals surface area contributed by atoms with Crippen molar-refractivity contribution in [1.29, 1.82) is 0 Å². The van der Waals surface area contributed by atoms with Gasteiger partial charge in [0.05, 0.1) is 10.2 Å². The molecule has 1 atom stereocenters. The van der Waals surface area contributed by atoms with E-state index < -0.39 is 11.9 Å². The van der Waals surface area contributed by atoms with Gasteiger partial charge in [-0.2, -0.15) is 5.10 Å². The second-order valence-corrected chi connectivity index (χ2v) is 4.28. The lowest BCUT2D eigenvalue weighted by Gasteiger charge is -2.12. The van der Waals surface area contributed by atoms with Gasteiger partial charge in [-0.15, -0.1) is 0 Å². The molecule has 0 aliphatic heterocycles. The van der Waals surface area contributed by atoms with Gasteiger partial charge < -0.3 is 5.11 Å². The molecule has 0 radical (unpaired) electrons. The SMILES string of the molecule is Cn1nccc1C(O)c1cccc(Br)c1F. The topological polar surface area (TPSA) is 38.0 Å². The zero-order valence-corrected chi connectivity index (χ0v) is 10.1. The van der Waals surface area contributed by atoms with E-state index in [1.54, 1.807) is 37.5 Å². The number of hydrogen-bond donors (Lipinski definition) is 1. The van der Waals surface area contributed by atoms with Crippen molar-refractivity contribution in [2.45, 2.75) is 6.10 Å². The summed E-state index contributed by atoms with van der Waals surface area (Å²) in [5.41, 5.74) is 0.787. The molecule has 0 fully saturated rings. The van der Waals surface area contributed by atoms with Gasteiger partial charge in [-0.3, -0.25) is 4.68 Å². The summed E-state index contributed by atoms with van der Waals surface area (Å²) < 4.78 is 15.6. The van der Waals surface area contributed by atoms with Crippen molar-refractivity contribution in [3.05, 3.63) is 52.0 Å². The maximum Gasteiger partial charge on any atom is 0.143 e. The van der Waals surface area contributed by atoms with Gasteiger partial charge in [0.2, 0.25) is 0 Å². The molecule has 1 unspecified atom stereocenters. The second-order valence-electron chi connectivity index (χ2n) is 3.43. The molecule has 1 aromatic heterocycles. The van der Waals surface area contributed by atoms with Crippen LogP contribution in [0.4, 0.5) is 4.39 Å². The number of aliphatic hydroxyl groups is 1. The number of hydrogen-bond acceptors (Lipinski definition) is 2. The van der Waals surface area contributed by atoms with Gasteiger partial charge in [-0.25, -0.2) is 4.39 Å². The Balaban J connectivity index is 2.46. The van der Waals surface area contributed by atoms with E-state index in [9.17, 15) is 9.50 Å². The molecular weight excluding hydrogens is 275 g/mol. The third-order valence-corrected chi connectivity index (χ3v) is 3.03.